The lowest BCUT2D eigenvalue weighted by molar-refractivity contribution is 0.395. The van der Waals surface area contributed by atoms with Gasteiger partial charge >= 0.3 is 0 Å². The Balaban J connectivity index is 2.42. The molecule has 1 heterocycles. The molecule has 0 aromatic carbocycles. The van der Waals surface area contributed by atoms with Gasteiger partial charge in [-0.25, -0.2) is 4.68 Å². The lowest BCUT2D eigenvalue weighted by Gasteiger charge is -2.13. The minimum Gasteiger partial charge on any atom is -0.232 e. The molecule has 0 fully saturated rings. The summed E-state index contributed by atoms with van der Waals surface area (Å²) in [6.45, 7) is 4.49. The van der Waals surface area contributed by atoms with Crippen molar-refractivity contribution >= 4 is 0 Å². The quantitative estimate of drug-likeness (QED) is 0.658. The average Bonchev–Trinajstić information content (AvgIpc) is 2.53. The highest BCUT2D eigenvalue weighted by Gasteiger charge is 2.16. The highest BCUT2D eigenvalue weighted by molar-refractivity contribution is 4.91. The summed E-state index contributed by atoms with van der Waals surface area (Å²) >= 11 is 0. The minimum atomic E-state index is -0.300. The van der Waals surface area contributed by atoms with Gasteiger partial charge in [-0.2, -0.15) is 5.26 Å². The molecule has 0 N–H and O–H groups in total. The van der Waals surface area contributed by atoms with Crippen molar-refractivity contribution < 1.29 is 0 Å². The van der Waals surface area contributed by atoms with Crippen LogP contribution in [0.3, 0.4) is 0 Å². The third kappa shape index (κ3) is 2.31. The summed E-state index contributed by atoms with van der Waals surface area (Å²) in [5.41, 5.74) is -0.300. The normalized spacial score (nSPS) is 11.1. The van der Waals surface area contributed by atoms with Crippen LogP contribution in [0, 0.1) is 16.7 Å². The van der Waals surface area contributed by atoms with Crippen LogP contribution in [0.2, 0.25) is 0 Å². The molecule has 0 aliphatic heterocycles. The first-order valence-electron chi connectivity index (χ1n) is 3.76. The number of nitrogens with zero attached hydrogens (tertiary/aromatic N) is 5. The topological polar surface area (TPSA) is 67.4 Å². The summed E-state index contributed by atoms with van der Waals surface area (Å²) < 4.78 is 1.62. The van der Waals surface area contributed by atoms with Gasteiger partial charge < -0.3 is 0 Å². The summed E-state index contributed by atoms with van der Waals surface area (Å²) in [5, 5.41) is 19.4. The van der Waals surface area contributed by atoms with E-state index in [1.165, 1.54) is 0 Å². The first kappa shape index (κ1) is 8.65. The Labute approximate surface area is 71.0 Å². The van der Waals surface area contributed by atoms with Crippen molar-refractivity contribution in [3.63, 3.8) is 0 Å². The molecular weight excluding hydrogens is 154 g/mol. The molecule has 12 heavy (non-hydrogen) atoms. The first-order chi connectivity index (χ1) is 5.64. The Morgan fingerprint density at radius 3 is 2.83 bits per heavy atom. The standard InChI is InChI=1S/C7H11N5/c1-7(2,5-8)3-4-12-6-9-10-11-12/h6H,3-4H2,1-2H3. The van der Waals surface area contributed by atoms with Gasteiger partial charge in [0.2, 0.25) is 0 Å². The maximum absolute atomic E-state index is 8.71. The molecule has 0 saturated heterocycles. The van der Waals surface area contributed by atoms with Crippen LogP contribution < -0.4 is 0 Å². The van der Waals surface area contributed by atoms with Crippen LogP contribution >= 0.6 is 0 Å². The smallest absolute Gasteiger partial charge is 0.138 e. The zero-order chi connectivity index (χ0) is 9.03. The van der Waals surface area contributed by atoms with Crippen molar-refractivity contribution in [1.82, 2.24) is 20.2 Å². The lowest BCUT2D eigenvalue weighted by atomic mass is 9.92. The molecule has 5 heteroatoms. The van der Waals surface area contributed by atoms with Crippen LogP contribution in [0.25, 0.3) is 0 Å². The molecule has 0 radical (unpaired) electrons. The molecule has 64 valence electrons. The fourth-order valence-electron chi connectivity index (χ4n) is 0.733. The number of aryl methyl sites for hydroxylation is 1. The van der Waals surface area contributed by atoms with E-state index >= 15 is 0 Å². The Bertz CT molecular complexity index is 268. The van der Waals surface area contributed by atoms with Crippen LogP contribution in [0.5, 0.6) is 0 Å². The van der Waals surface area contributed by atoms with Crippen LogP contribution in [0.1, 0.15) is 20.3 Å². The van der Waals surface area contributed by atoms with Crippen LogP contribution in [-0.2, 0) is 6.54 Å². The fourth-order valence-corrected chi connectivity index (χ4v) is 0.733. The number of tetrazole rings is 1. The van der Waals surface area contributed by atoms with Crippen molar-refractivity contribution in [2.45, 2.75) is 26.8 Å². The van der Waals surface area contributed by atoms with Gasteiger partial charge in [-0.3, -0.25) is 0 Å². The predicted octanol–water partition coefficient (Wildman–Crippen LogP) is 0.613. The fraction of sp³-hybridized carbons (Fsp3) is 0.714. The number of nitriles is 1. The van der Waals surface area contributed by atoms with Crippen LogP contribution in [0.4, 0.5) is 0 Å². The van der Waals surface area contributed by atoms with E-state index in [9.17, 15) is 0 Å². The van der Waals surface area contributed by atoms with Gasteiger partial charge in [-0.15, -0.1) is 5.10 Å². The van der Waals surface area contributed by atoms with Crippen molar-refractivity contribution in [3.05, 3.63) is 6.33 Å². The maximum Gasteiger partial charge on any atom is 0.138 e. The molecule has 0 bridgehead atoms. The summed E-state index contributed by atoms with van der Waals surface area (Å²) in [6.07, 6.45) is 2.31. The predicted molar refractivity (Wildman–Crippen MR) is 41.8 cm³/mol. The third-order valence-corrected chi connectivity index (χ3v) is 1.66. The highest BCUT2D eigenvalue weighted by Crippen LogP contribution is 2.18. The molecule has 5 nitrogen and oxygen atoms in total. The molecular formula is C7H11N5. The van der Waals surface area contributed by atoms with Crippen molar-refractivity contribution in [3.8, 4) is 6.07 Å². The van der Waals surface area contributed by atoms with E-state index in [1.54, 1.807) is 11.0 Å². The maximum atomic E-state index is 8.71. The molecule has 0 aliphatic carbocycles. The summed E-state index contributed by atoms with van der Waals surface area (Å²) in [5.74, 6) is 0. The zero-order valence-corrected chi connectivity index (χ0v) is 7.23. The SMILES string of the molecule is CC(C)(C#N)CCn1cnnn1. The summed E-state index contributed by atoms with van der Waals surface area (Å²) in [4.78, 5) is 0. The molecule has 0 amide bonds. The van der Waals surface area contributed by atoms with Crippen molar-refractivity contribution in [2.75, 3.05) is 0 Å². The van der Waals surface area contributed by atoms with Gasteiger partial charge in [-0.05, 0) is 30.7 Å². The average molecular weight is 165 g/mol. The van der Waals surface area contributed by atoms with Crippen molar-refractivity contribution in [1.29, 1.82) is 5.26 Å². The molecule has 1 aromatic heterocycles. The molecule has 0 unspecified atom stereocenters. The molecule has 0 aliphatic rings. The Morgan fingerprint density at radius 2 is 2.33 bits per heavy atom. The molecule has 1 rings (SSSR count). The van der Waals surface area contributed by atoms with E-state index < -0.39 is 0 Å². The Kier molecular flexibility index (Phi) is 2.38. The summed E-state index contributed by atoms with van der Waals surface area (Å²) in [7, 11) is 0. The minimum absolute atomic E-state index is 0.300. The molecule has 0 atom stereocenters. The Hall–Kier alpha value is -1.44. The van der Waals surface area contributed by atoms with E-state index in [1.807, 2.05) is 13.8 Å². The zero-order valence-electron chi connectivity index (χ0n) is 7.23. The second kappa shape index (κ2) is 3.30. The number of aromatic nitrogens is 4. The highest BCUT2D eigenvalue weighted by atomic mass is 15.5. The van der Waals surface area contributed by atoms with Gasteiger partial charge in [0, 0.05) is 6.54 Å². The third-order valence-electron chi connectivity index (χ3n) is 1.66. The second-order valence-corrected chi connectivity index (χ2v) is 3.32. The first-order valence-corrected chi connectivity index (χ1v) is 3.76. The van der Waals surface area contributed by atoms with Crippen molar-refractivity contribution in [2.24, 2.45) is 5.41 Å². The van der Waals surface area contributed by atoms with Crippen LogP contribution in [-0.4, -0.2) is 20.2 Å². The van der Waals surface area contributed by atoms with Gasteiger partial charge in [0.25, 0.3) is 0 Å². The van der Waals surface area contributed by atoms with E-state index in [4.69, 9.17) is 5.26 Å². The Morgan fingerprint density at radius 1 is 1.58 bits per heavy atom. The van der Waals surface area contributed by atoms with E-state index in [-0.39, 0.29) is 5.41 Å². The number of hydrogen-bond acceptors (Lipinski definition) is 4. The van der Waals surface area contributed by atoms with E-state index in [2.05, 4.69) is 21.6 Å². The molecule has 0 saturated carbocycles. The largest absolute Gasteiger partial charge is 0.232 e. The lowest BCUT2D eigenvalue weighted by Crippen LogP contribution is -2.12. The number of rotatable bonds is 3. The molecule has 1 aromatic rings. The van der Waals surface area contributed by atoms with Gasteiger partial charge in [0.1, 0.15) is 6.33 Å². The van der Waals surface area contributed by atoms with Gasteiger partial charge in [0.15, 0.2) is 0 Å². The van der Waals surface area contributed by atoms with Gasteiger partial charge in [-0.1, -0.05) is 0 Å². The van der Waals surface area contributed by atoms with Crippen LogP contribution in [0.15, 0.2) is 6.33 Å². The van der Waals surface area contributed by atoms with Gasteiger partial charge in [0.05, 0.1) is 11.5 Å². The second-order valence-electron chi connectivity index (χ2n) is 3.32. The monoisotopic (exact) mass is 165 g/mol. The van der Waals surface area contributed by atoms with E-state index in [0.717, 1.165) is 6.42 Å². The van der Waals surface area contributed by atoms with E-state index in [0.29, 0.717) is 6.54 Å². The summed E-state index contributed by atoms with van der Waals surface area (Å²) in [6, 6.07) is 2.22. The molecule has 0 spiro atoms. The number of hydrogen-bond donors (Lipinski definition) is 0.